The van der Waals surface area contributed by atoms with Gasteiger partial charge in [-0.1, -0.05) is 12.2 Å². The number of carbonyl (C=O) groups excluding carboxylic acids is 4. The lowest BCUT2D eigenvalue weighted by atomic mass is 10.1. The number of imidazole rings is 2. The number of primary amides is 2. The van der Waals surface area contributed by atoms with Crippen molar-refractivity contribution in [3.8, 4) is 0 Å². The van der Waals surface area contributed by atoms with Crippen molar-refractivity contribution in [3.05, 3.63) is 95.1 Å². The highest BCUT2D eigenvalue weighted by Gasteiger charge is 2.19. The van der Waals surface area contributed by atoms with E-state index in [9.17, 15) is 19.2 Å². The van der Waals surface area contributed by atoms with Gasteiger partial charge in [-0.05, 0) is 55.0 Å². The number of nitrogens with zero attached hydrogens (tertiary/aromatic N) is 6. The molecule has 8 N–H and O–H groups in total. The molecule has 0 atom stereocenters. The highest BCUT2D eigenvalue weighted by Crippen LogP contribution is 2.26. The normalized spacial score (nSPS) is 11.4. The van der Waals surface area contributed by atoms with Crippen molar-refractivity contribution in [2.24, 2.45) is 11.5 Å². The number of aromatic nitrogens is 8. The molecule has 0 bridgehead atoms. The molecule has 0 aliphatic rings. The number of hydrogen-bond acceptors (Lipinski definition) is 8. The molecule has 0 fully saturated rings. The maximum atomic E-state index is 12.8. The van der Waals surface area contributed by atoms with Gasteiger partial charge in [0.05, 0.1) is 22.1 Å². The molecule has 0 aliphatic carbocycles. The highest BCUT2D eigenvalue weighted by atomic mass is 16.2. The fourth-order valence-electron chi connectivity index (χ4n) is 4.92. The van der Waals surface area contributed by atoms with E-state index in [1.165, 1.54) is 24.5 Å². The van der Waals surface area contributed by atoms with Crippen LogP contribution in [-0.4, -0.2) is 63.1 Å². The fourth-order valence-corrected chi connectivity index (χ4v) is 4.92. The molecule has 0 unspecified atom stereocenters. The maximum absolute atomic E-state index is 12.8. The van der Waals surface area contributed by atoms with Crippen molar-refractivity contribution in [2.75, 3.05) is 10.6 Å². The van der Waals surface area contributed by atoms with E-state index in [2.05, 4.69) is 41.0 Å². The van der Waals surface area contributed by atoms with E-state index in [-0.39, 0.29) is 41.9 Å². The molecule has 0 spiro atoms. The Morgan fingerprint density at radius 3 is 1.89 bits per heavy atom. The Morgan fingerprint density at radius 1 is 0.756 bits per heavy atom. The van der Waals surface area contributed by atoms with Gasteiger partial charge in [0.2, 0.25) is 23.7 Å². The van der Waals surface area contributed by atoms with Crippen molar-refractivity contribution in [2.45, 2.75) is 20.0 Å². The highest BCUT2D eigenvalue weighted by molar-refractivity contribution is 6.04. The SMILES string of the molecule is Cc1cc(C(N)=O)cc2nc(NC(=O)c3ccn[nH]3)n(C/C=C/Cn3c(NC(=O)c4ccn[nH]4)nc4cc(C(N)=O)ccc43)c12. The molecule has 45 heavy (non-hydrogen) atoms. The van der Waals surface area contributed by atoms with Crippen molar-refractivity contribution >= 4 is 57.6 Å². The van der Waals surface area contributed by atoms with Crippen LogP contribution >= 0.6 is 0 Å². The smallest absolute Gasteiger partial charge is 0.275 e. The van der Waals surface area contributed by atoms with E-state index < -0.39 is 23.6 Å². The van der Waals surface area contributed by atoms with E-state index in [1.807, 2.05) is 19.1 Å². The second-order valence-electron chi connectivity index (χ2n) is 10.0. The summed E-state index contributed by atoms with van der Waals surface area (Å²) in [7, 11) is 0. The van der Waals surface area contributed by atoms with E-state index in [0.29, 0.717) is 27.6 Å². The third kappa shape index (κ3) is 5.62. The molecule has 226 valence electrons. The first-order valence-electron chi connectivity index (χ1n) is 13.6. The fraction of sp³-hybridized carbons (Fsp3) is 0.103. The number of aryl methyl sites for hydroxylation is 1. The van der Waals surface area contributed by atoms with Crippen LogP contribution in [0.25, 0.3) is 22.1 Å². The average Bonchev–Trinajstić information content (AvgIpc) is 3.82. The number of amides is 4. The van der Waals surface area contributed by atoms with Gasteiger partial charge in [-0.25, -0.2) is 9.97 Å². The van der Waals surface area contributed by atoms with Gasteiger partial charge in [-0.3, -0.25) is 40.0 Å². The van der Waals surface area contributed by atoms with Gasteiger partial charge in [-0.2, -0.15) is 10.2 Å². The first-order valence-corrected chi connectivity index (χ1v) is 13.6. The molecule has 0 aliphatic heterocycles. The third-order valence-corrected chi connectivity index (χ3v) is 7.03. The lowest BCUT2D eigenvalue weighted by Gasteiger charge is -2.10. The molecule has 0 radical (unpaired) electrons. The number of benzene rings is 2. The Labute approximate surface area is 253 Å². The number of nitrogens with one attached hydrogen (secondary N) is 4. The van der Waals surface area contributed by atoms with Crippen LogP contribution in [0.15, 0.2) is 67.0 Å². The maximum Gasteiger partial charge on any atom is 0.275 e. The zero-order valence-corrected chi connectivity index (χ0v) is 23.7. The predicted molar refractivity (Wildman–Crippen MR) is 163 cm³/mol. The summed E-state index contributed by atoms with van der Waals surface area (Å²) in [5.41, 5.74) is 15.1. The molecule has 16 heteroatoms. The van der Waals surface area contributed by atoms with E-state index in [4.69, 9.17) is 11.5 Å². The molecule has 0 saturated heterocycles. The largest absolute Gasteiger partial charge is 0.366 e. The minimum atomic E-state index is -0.601. The number of rotatable bonds is 10. The topological polar surface area (TPSA) is 237 Å². The number of allylic oxidation sites excluding steroid dienone is 2. The van der Waals surface area contributed by atoms with Crippen LogP contribution < -0.4 is 22.1 Å². The molecular weight excluding hydrogens is 580 g/mol. The van der Waals surface area contributed by atoms with Crippen LogP contribution in [0.3, 0.4) is 0 Å². The monoisotopic (exact) mass is 606 g/mol. The van der Waals surface area contributed by atoms with Crippen molar-refractivity contribution in [1.82, 2.24) is 39.5 Å². The average molecular weight is 607 g/mol. The predicted octanol–water partition coefficient (Wildman–Crippen LogP) is 2.10. The first kappa shape index (κ1) is 28.5. The zero-order valence-electron chi connectivity index (χ0n) is 23.7. The van der Waals surface area contributed by atoms with Crippen LogP contribution in [0.4, 0.5) is 11.9 Å². The second-order valence-corrected chi connectivity index (χ2v) is 10.0. The molecule has 2 aromatic carbocycles. The molecule has 6 rings (SSSR count). The van der Waals surface area contributed by atoms with Gasteiger partial charge in [0, 0.05) is 36.6 Å². The van der Waals surface area contributed by atoms with E-state index >= 15 is 0 Å². The second kappa shape index (κ2) is 11.6. The van der Waals surface area contributed by atoms with E-state index in [1.54, 1.807) is 39.5 Å². The Balaban J connectivity index is 1.32. The standard InChI is InChI=1S/C29H26N12O4/c1-15-12-17(25(31)43)14-21-23(15)41(29(35-21)37-27(45)19-7-9-33-39-19)11-3-2-10-40-22-5-4-16(24(30)42)13-20(22)34-28(40)36-26(44)18-6-8-32-38-18/h2-9,12-14H,10-11H2,1H3,(H2,30,42)(H2,31,43)(H,32,38)(H,33,39)(H,34,36,44)(H,35,37,45)/b3-2+. The van der Waals surface area contributed by atoms with Gasteiger partial charge in [0.15, 0.2) is 0 Å². The Hall–Kier alpha value is -6.58. The number of fused-ring (bicyclic) bond motifs is 2. The summed E-state index contributed by atoms with van der Waals surface area (Å²) < 4.78 is 3.56. The number of H-pyrrole nitrogens is 2. The summed E-state index contributed by atoms with van der Waals surface area (Å²) in [6.07, 6.45) is 6.64. The lowest BCUT2D eigenvalue weighted by molar-refractivity contribution is 0.0992. The summed E-state index contributed by atoms with van der Waals surface area (Å²) >= 11 is 0. The van der Waals surface area contributed by atoms with Crippen LogP contribution in [0.1, 0.15) is 47.3 Å². The first-order chi connectivity index (χ1) is 21.7. The van der Waals surface area contributed by atoms with Gasteiger partial charge < -0.3 is 20.6 Å². The van der Waals surface area contributed by atoms with Crippen LogP contribution in [0, 0.1) is 6.92 Å². The summed E-state index contributed by atoms with van der Waals surface area (Å²) in [6.45, 7) is 2.38. The molecule has 4 amide bonds. The van der Waals surface area contributed by atoms with Gasteiger partial charge in [0.1, 0.15) is 11.4 Å². The quantitative estimate of drug-likeness (QED) is 0.126. The zero-order chi connectivity index (χ0) is 31.7. The number of carbonyl (C=O) groups is 4. The molecule has 4 aromatic heterocycles. The molecular formula is C29H26N12O4. The lowest BCUT2D eigenvalue weighted by Crippen LogP contribution is -2.17. The summed E-state index contributed by atoms with van der Waals surface area (Å²) in [4.78, 5) is 58.4. The van der Waals surface area contributed by atoms with Crippen LogP contribution in [0.5, 0.6) is 0 Å². The number of anilines is 2. The van der Waals surface area contributed by atoms with Crippen molar-refractivity contribution in [3.63, 3.8) is 0 Å². The third-order valence-electron chi connectivity index (χ3n) is 7.03. The van der Waals surface area contributed by atoms with Gasteiger partial charge >= 0.3 is 0 Å². The minimum absolute atomic E-state index is 0.242. The number of aromatic amines is 2. The Morgan fingerprint density at radius 2 is 1.31 bits per heavy atom. The molecule has 6 aromatic rings. The summed E-state index contributed by atoms with van der Waals surface area (Å²) in [5, 5.41) is 18.4. The Bertz CT molecular complexity index is 2120. The van der Waals surface area contributed by atoms with Crippen molar-refractivity contribution < 1.29 is 19.2 Å². The van der Waals surface area contributed by atoms with Gasteiger partial charge in [-0.15, -0.1) is 0 Å². The number of nitrogens with two attached hydrogens (primary N) is 2. The minimum Gasteiger partial charge on any atom is -0.366 e. The summed E-state index contributed by atoms with van der Waals surface area (Å²) in [5.74, 6) is -1.60. The Kier molecular flexibility index (Phi) is 7.35. The van der Waals surface area contributed by atoms with Crippen LogP contribution in [-0.2, 0) is 13.1 Å². The molecule has 0 saturated carbocycles. The molecule has 16 nitrogen and oxygen atoms in total. The molecule has 4 heterocycles. The van der Waals surface area contributed by atoms with E-state index in [0.717, 1.165) is 5.56 Å². The summed E-state index contributed by atoms with van der Waals surface area (Å²) in [6, 6.07) is 11.1. The number of hydrogen-bond donors (Lipinski definition) is 6. The van der Waals surface area contributed by atoms with Crippen molar-refractivity contribution in [1.29, 1.82) is 0 Å². The van der Waals surface area contributed by atoms with Gasteiger partial charge in [0.25, 0.3) is 11.8 Å². The van der Waals surface area contributed by atoms with Crippen LogP contribution in [0.2, 0.25) is 0 Å².